The summed E-state index contributed by atoms with van der Waals surface area (Å²) in [5.41, 5.74) is 1.10. The fourth-order valence-corrected chi connectivity index (χ4v) is 6.64. The molecular formula is C21H20ClN3O4S2. The number of allylic oxidation sites excluding steroid dienone is 4. The first-order valence-corrected chi connectivity index (χ1v) is 12.9. The molecule has 7 nitrogen and oxygen atoms in total. The first-order chi connectivity index (χ1) is 14.8. The minimum Gasteiger partial charge on any atom is -0.264 e. The second-order valence-corrected chi connectivity index (χ2v) is 11.0. The summed E-state index contributed by atoms with van der Waals surface area (Å²) in [7, 11) is -7.96. The zero-order valence-electron chi connectivity index (χ0n) is 16.4. The first kappa shape index (κ1) is 21.8. The van der Waals surface area contributed by atoms with Crippen molar-refractivity contribution >= 4 is 42.6 Å². The van der Waals surface area contributed by atoms with Crippen LogP contribution in [0.4, 0.5) is 0 Å². The van der Waals surface area contributed by atoms with Crippen LogP contribution in [0.1, 0.15) is 18.4 Å². The van der Waals surface area contributed by atoms with Crippen molar-refractivity contribution in [3.8, 4) is 0 Å². The van der Waals surface area contributed by atoms with Crippen LogP contribution in [0.2, 0.25) is 5.02 Å². The fraction of sp³-hybridized carbons (Fsp3) is 0.190. The van der Waals surface area contributed by atoms with Crippen LogP contribution in [-0.2, 0) is 26.5 Å². The molecule has 31 heavy (non-hydrogen) atoms. The van der Waals surface area contributed by atoms with E-state index < -0.39 is 20.0 Å². The van der Waals surface area contributed by atoms with Crippen LogP contribution in [0.15, 0.2) is 77.0 Å². The largest absolute Gasteiger partial charge is 0.264 e. The van der Waals surface area contributed by atoms with Gasteiger partial charge in [-0.1, -0.05) is 35.9 Å². The van der Waals surface area contributed by atoms with Crippen molar-refractivity contribution in [1.82, 2.24) is 13.7 Å². The molecule has 1 aliphatic carbocycles. The summed E-state index contributed by atoms with van der Waals surface area (Å²) in [6, 6.07) is 8.31. The van der Waals surface area contributed by atoms with Crippen molar-refractivity contribution in [2.24, 2.45) is 0 Å². The van der Waals surface area contributed by atoms with Gasteiger partial charge in [0.15, 0.2) is 0 Å². The predicted molar refractivity (Wildman–Crippen MR) is 121 cm³/mol. The third-order valence-electron chi connectivity index (χ3n) is 4.99. The Hall–Kier alpha value is -2.46. The molecule has 0 radical (unpaired) electrons. The highest BCUT2D eigenvalue weighted by Crippen LogP contribution is 2.34. The molecule has 0 atom stereocenters. The molecule has 0 saturated carbocycles. The Bertz CT molecular complexity index is 1390. The number of nitrogens with zero attached hydrogens (tertiary/aromatic N) is 2. The van der Waals surface area contributed by atoms with Gasteiger partial charge in [0.1, 0.15) is 4.90 Å². The van der Waals surface area contributed by atoms with Gasteiger partial charge in [-0.05, 0) is 49.1 Å². The van der Waals surface area contributed by atoms with Gasteiger partial charge in [-0.3, -0.25) is 4.98 Å². The van der Waals surface area contributed by atoms with Gasteiger partial charge in [-0.2, -0.15) is 0 Å². The lowest BCUT2D eigenvalue weighted by atomic mass is 10.2. The Kier molecular flexibility index (Phi) is 6.02. The van der Waals surface area contributed by atoms with Crippen molar-refractivity contribution in [3.05, 3.63) is 82.6 Å². The maximum atomic E-state index is 13.2. The van der Waals surface area contributed by atoms with Crippen LogP contribution in [-0.4, -0.2) is 32.3 Å². The molecular weight excluding hydrogens is 458 g/mol. The molecule has 0 spiro atoms. The number of fused-ring (bicyclic) bond motifs is 1. The SMILES string of the molecule is O=S(=O)(NCCc1cccnc1)c1cn(S(=O)(=O)C2=CC=CCC2)c2cccc(Cl)c12. The van der Waals surface area contributed by atoms with E-state index in [4.69, 9.17) is 11.6 Å². The maximum Gasteiger partial charge on any atom is 0.264 e. The van der Waals surface area contributed by atoms with Crippen molar-refractivity contribution in [1.29, 1.82) is 0 Å². The van der Waals surface area contributed by atoms with Crippen LogP contribution in [0, 0.1) is 0 Å². The zero-order valence-corrected chi connectivity index (χ0v) is 18.8. The maximum absolute atomic E-state index is 13.2. The standard InChI is InChI=1S/C21H20ClN3O4S2/c22-18-9-4-10-19-21(18)20(15-25(19)31(28,29)17-7-2-1-3-8-17)30(26,27)24-13-11-16-6-5-12-23-14-16/h1-2,4-7,9-10,12,14-15,24H,3,8,11,13H2. The number of hydrogen-bond donors (Lipinski definition) is 1. The van der Waals surface area contributed by atoms with Crippen LogP contribution < -0.4 is 4.72 Å². The van der Waals surface area contributed by atoms with E-state index in [1.165, 1.54) is 12.1 Å². The van der Waals surface area contributed by atoms with E-state index in [-0.39, 0.29) is 32.3 Å². The fourth-order valence-electron chi connectivity index (χ4n) is 3.46. The van der Waals surface area contributed by atoms with E-state index in [1.54, 1.807) is 36.7 Å². The van der Waals surface area contributed by atoms with E-state index in [0.717, 1.165) is 15.7 Å². The van der Waals surface area contributed by atoms with Gasteiger partial charge in [0.25, 0.3) is 10.0 Å². The van der Waals surface area contributed by atoms with Gasteiger partial charge in [-0.15, -0.1) is 0 Å². The number of nitrogens with one attached hydrogen (secondary N) is 1. The first-order valence-electron chi connectivity index (χ1n) is 9.60. The summed E-state index contributed by atoms with van der Waals surface area (Å²) < 4.78 is 56.2. The molecule has 2 heterocycles. The average molecular weight is 478 g/mol. The Morgan fingerprint density at radius 3 is 2.68 bits per heavy atom. The van der Waals surface area contributed by atoms with Crippen molar-refractivity contribution in [3.63, 3.8) is 0 Å². The summed E-state index contributed by atoms with van der Waals surface area (Å²) >= 11 is 6.31. The lowest BCUT2D eigenvalue weighted by Gasteiger charge is -2.12. The molecule has 0 fully saturated rings. The number of benzene rings is 1. The van der Waals surface area contributed by atoms with Crippen molar-refractivity contribution in [2.45, 2.75) is 24.2 Å². The summed E-state index contributed by atoms with van der Waals surface area (Å²) in [4.78, 5) is 4.06. The molecule has 3 aromatic rings. The number of rotatable bonds is 7. The molecule has 0 unspecified atom stereocenters. The number of aromatic nitrogens is 2. The number of hydrogen-bond acceptors (Lipinski definition) is 5. The van der Waals surface area contributed by atoms with Gasteiger partial charge < -0.3 is 0 Å². The molecule has 0 amide bonds. The van der Waals surface area contributed by atoms with Gasteiger partial charge in [0, 0.05) is 30.5 Å². The third-order valence-corrected chi connectivity index (χ3v) is 8.60. The van der Waals surface area contributed by atoms with Gasteiger partial charge in [0.2, 0.25) is 10.0 Å². The molecule has 1 aromatic carbocycles. The van der Waals surface area contributed by atoms with Crippen LogP contribution in [0.25, 0.3) is 10.9 Å². The molecule has 0 saturated heterocycles. The molecule has 1 N–H and O–H groups in total. The topological polar surface area (TPSA) is 98.1 Å². The Morgan fingerprint density at radius 1 is 1.13 bits per heavy atom. The molecule has 4 rings (SSSR count). The predicted octanol–water partition coefficient (Wildman–Crippen LogP) is 3.62. The second-order valence-electron chi connectivity index (χ2n) is 7.04. The van der Waals surface area contributed by atoms with Gasteiger partial charge in [-0.25, -0.2) is 25.5 Å². The molecule has 0 aliphatic heterocycles. The highest BCUT2D eigenvalue weighted by molar-refractivity contribution is 7.94. The highest BCUT2D eigenvalue weighted by Gasteiger charge is 2.29. The Morgan fingerprint density at radius 2 is 1.97 bits per heavy atom. The minimum absolute atomic E-state index is 0.133. The molecule has 10 heteroatoms. The van der Waals surface area contributed by atoms with Crippen LogP contribution >= 0.6 is 11.6 Å². The van der Waals surface area contributed by atoms with E-state index in [1.807, 2.05) is 12.1 Å². The number of sulfonamides is 1. The van der Waals surface area contributed by atoms with E-state index in [0.29, 0.717) is 19.3 Å². The minimum atomic E-state index is -4.02. The quantitative estimate of drug-likeness (QED) is 0.560. The molecule has 162 valence electrons. The number of halogens is 1. The Balaban J connectivity index is 1.74. The van der Waals surface area contributed by atoms with Gasteiger partial charge >= 0.3 is 0 Å². The smallest absolute Gasteiger partial charge is 0.264 e. The third kappa shape index (κ3) is 4.31. The van der Waals surface area contributed by atoms with Crippen molar-refractivity contribution in [2.75, 3.05) is 6.54 Å². The van der Waals surface area contributed by atoms with Crippen molar-refractivity contribution < 1.29 is 16.8 Å². The van der Waals surface area contributed by atoms with E-state index in [9.17, 15) is 16.8 Å². The van der Waals surface area contributed by atoms with Crippen LogP contribution in [0.5, 0.6) is 0 Å². The normalized spacial score (nSPS) is 14.7. The van der Waals surface area contributed by atoms with Gasteiger partial charge in [0.05, 0.1) is 15.4 Å². The van der Waals surface area contributed by atoms with E-state index in [2.05, 4.69) is 9.71 Å². The summed E-state index contributed by atoms with van der Waals surface area (Å²) in [6.07, 6.45) is 10.9. The lowest BCUT2D eigenvalue weighted by molar-refractivity contribution is 0.582. The summed E-state index contributed by atoms with van der Waals surface area (Å²) in [5, 5.41) is 0.338. The monoisotopic (exact) mass is 477 g/mol. The Labute approximate surface area is 186 Å². The number of pyridine rings is 1. The lowest BCUT2D eigenvalue weighted by Crippen LogP contribution is -2.26. The summed E-state index contributed by atoms with van der Waals surface area (Å²) in [6.45, 7) is 0.133. The average Bonchev–Trinajstić information content (AvgIpc) is 3.18. The highest BCUT2D eigenvalue weighted by atomic mass is 35.5. The molecule has 2 aromatic heterocycles. The molecule has 0 bridgehead atoms. The van der Waals surface area contributed by atoms with Crippen LogP contribution in [0.3, 0.4) is 0 Å². The summed E-state index contributed by atoms with van der Waals surface area (Å²) in [5.74, 6) is 0. The second kappa shape index (κ2) is 8.58. The van der Waals surface area contributed by atoms with E-state index >= 15 is 0 Å². The molecule has 1 aliphatic rings. The zero-order chi connectivity index (χ0) is 22.1.